The molecule has 0 atom stereocenters. The molecule has 0 radical (unpaired) electrons. The number of piperidine rings is 1. The Morgan fingerprint density at radius 1 is 1.06 bits per heavy atom. The van der Waals surface area contributed by atoms with Crippen LogP contribution in [-0.4, -0.2) is 81.2 Å². The minimum Gasteiger partial charge on any atom is -0.493 e. The van der Waals surface area contributed by atoms with E-state index in [-0.39, 0.29) is 29.7 Å². The molecule has 0 spiro atoms. The monoisotopic (exact) mass is 710 g/mol. The van der Waals surface area contributed by atoms with E-state index in [1.165, 1.54) is 20.2 Å². The van der Waals surface area contributed by atoms with E-state index < -0.39 is 33.6 Å². The summed E-state index contributed by atoms with van der Waals surface area (Å²) in [7, 11) is -0.647. The third-order valence-electron chi connectivity index (χ3n) is 7.67. The molecule has 1 aromatic heterocycles. The fourth-order valence-electron chi connectivity index (χ4n) is 5.27. The van der Waals surface area contributed by atoms with Crippen LogP contribution in [0.1, 0.15) is 48.5 Å². The van der Waals surface area contributed by atoms with Gasteiger partial charge >= 0.3 is 6.03 Å². The Labute approximate surface area is 285 Å². The van der Waals surface area contributed by atoms with Crippen molar-refractivity contribution in [2.75, 3.05) is 50.1 Å². The molecule has 3 aromatic rings. The molecule has 1 aliphatic rings. The van der Waals surface area contributed by atoms with Gasteiger partial charge in [-0.1, -0.05) is 19.4 Å². The average molecular weight is 711 g/mol. The van der Waals surface area contributed by atoms with Crippen molar-refractivity contribution in [3.8, 4) is 17.4 Å². The highest BCUT2D eigenvalue weighted by Gasteiger charge is 2.29. The highest BCUT2D eigenvalue weighted by molar-refractivity contribution is 7.92. The molecule has 48 heavy (non-hydrogen) atoms. The molecular formula is C32H41ClF2N6O6S. The molecule has 1 saturated heterocycles. The Hall–Kier alpha value is -4.21. The number of nitrogens with zero attached hydrogens (tertiary/aromatic N) is 3. The lowest BCUT2D eigenvalue weighted by atomic mass is 10.0. The number of benzene rings is 2. The number of unbranched alkanes of at least 4 members (excludes halogenated alkanes) is 1. The van der Waals surface area contributed by atoms with Crippen LogP contribution in [0.3, 0.4) is 0 Å². The summed E-state index contributed by atoms with van der Waals surface area (Å²) in [5.41, 5.74) is 0.698. The van der Waals surface area contributed by atoms with E-state index in [1.54, 1.807) is 29.3 Å². The summed E-state index contributed by atoms with van der Waals surface area (Å²) >= 11 is 0. The van der Waals surface area contributed by atoms with E-state index in [0.717, 1.165) is 43.8 Å². The maximum Gasteiger partial charge on any atom is 0.322 e. The fraction of sp³-hybridized carbons (Fsp3) is 0.406. The van der Waals surface area contributed by atoms with Gasteiger partial charge in [0.1, 0.15) is 11.6 Å². The van der Waals surface area contributed by atoms with Crippen LogP contribution in [0.2, 0.25) is 0 Å². The molecule has 0 saturated carbocycles. The first-order valence-electron chi connectivity index (χ1n) is 15.2. The van der Waals surface area contributed by atoms with E-state index >= 15 is 0 Å². The number of hydrogen-bond acceptors (Lipinski definition) is 8. The van der Waals surface area contributed by atoms with Gasteiger partial charge in [-0.15, -0.1) is 12.4 Å². The SMILES string of the molecule is CCCCN(C(=O)Nc1cc(C(=O)NC)c(F)cc1F)C1CCN(Cc2ccc(Oc3ccc(NS(C)(=O)=O)cc3OC)nc2)CC1.Cl. The summed E-state index contributed by atoms with van der Waals surface area (Å²) in [6, 6.07) is 9.35. The fourth-order valence-corrected chi connectivity index (χ4v) is 5.83. The van der Waals surface area contributed by atoms with Gasteiger partial charge in [-0.3, -0.25) is 14.4 Å². The number of sulfonamides is 1. The number of ether oxygens (including phenoxy) is 2. The number of nitrogens with one attached hydrogen (secondary N) is 3. The van der Waals surface area contributed by atoms with E-state index in [1.807, 2.05) is 13.0 Å². The zero-order chi connectivity index (χ0) is 34.1. The molecule has 262 valence electrons. The molecule has 16 heteroatoms. The van der Waals surface area contributed by atoms with Crippen LogP contribution in [0.5, 0.6) is 17.4 Å². The van der Waals surface area contributed by atoms with Gasteiger partial charge in [0, 0.05) is 63.7 Å². The number of carbonyl (C=O) groups excluding carboxylic acids is 2. The maximum atomic E-state index is 14.6. The highest BCUT2D eigenvalue weighted by atomic mass is 35.5. The molecule has 3 N–H and O–H groups in total. The summed E-state index contributed by atoms with van der Waals surface area (Å²) in [5, 5.41) is 4.86. The lowest BCUT2D eigenvalue weighted by Crippen LogP contribution is -2.49. The van der Waals surface area contributed by atoms with Gasteiger partial charge in [-0.2, -0.15) is 0 Å². The minimum atomic E-state index is -3.44. The first-order valence-corrected chi connectivity index (χ1v) is 17.1. The van der Waals surface area contributed by atoms with Crippen molar-refractivity contribution in [2.45, 2.75) is 45.2 Å². The Morgan fingerprint density at radius 3 is 2.40 bits per heavy atom. The minimum absolute atomic E-state index is 0. The smallest absolute Gasteiger partial charge is 0.322 e. The molecule has 1 aliphatic heterocycles. The number of halogens is 3. The summed E-state index contributed by atoms with van der Waals surface area (Å²) in [4.78, 5) is 33.7. The maximum absolute atomic E-state index is 14.6. The van der Waals surface area contributed by atoms with Gasteiger partial charge in [0.15, 0.2) is 11.5 Å². The van der Waals surface area contributed by atoms with E-state index in [9.17, 15) is 26.8 Å². The predicted molar refractivity (Wildman–Crippen MR) is 182 cm³/mol. The van der Waals surface area contributed by atoms with Crippen LogP contribution in [0.4, 0.5) is 25.0 Å². The Balaban J connectivity index is 0.00000625. The molecule has 4 rings (SSSR count). The third kappa shape index (κ3) is 10.4. The molecule has 1 fully saturated rings. The lowest BCUT2D eigenvalue weighted by molar-refractivity contribution is 0.0959. The number of urea groups is 1. The third-order valence-corrected chi connectivity index (χ3v) is 8.27. The zero-order valence-electron chi connectivity index (χ0n) is 27.2. The van der Waals surface area contributed by atoms with E-state index in [2.05, 4.69) is 25.2 Å². The van der Waals surface area contributed by atoms with Crippen molar-refractivity contribution in [1.29, 1.82) is 0 Å². The number of pyridine rings is 1. The molecule has 12 nitrogen and oxygen atoms in total. The number of methoxy groups -OCH3 is 1. The summed E-state index contributed by atoms with van der Waals surface area (Å²) in [6.07, 6.45) is 5.80. The number of carbonyl (C=O) groups is 2. The number of likely N-dealkylation sites (tertiary alicyclic amines) is 1. The first kappa shape index (κ1) is 38.2. The molecule has 2 heterocycles. The van der Waals surface area contributed by atoms with Crippen LogP contribution in [-0.2, 0) is 16.6 Å². The van der Waals surface area contributed by atoms with E-state index in [0.29, 0.717) is 55.1 Å². The van der Waals surface area contributed by atoms with Gasteiger partial charge in [0.05, 0.1) is 30.3 Å². The van der Waals surface area contributed by atoms with Gasteiger partial charge in [0.2, 0.25) is 15.9 Å². The average Bonchev–Trinajstić information content (AvgIpc) is 3.03. The summed E-state index contributed by atoms with van der Waals surface area (Å²) in [5.74, 6) is -1.64. The van der Waals surface area contributed by atoms with Gasteiger partial charge in [-0.25, -0.2) is 27.0 Å². The van der Waals surface area contributed by atoms with Crippen molar-refractivity contribution in [3.63, 3.8) is 0 Å². The van der Waals surface area contributed by atoms with Crippen LogP contribution < -0.4 is 24.8 Å². The van der Waals surface area contributed by atoms with Crippen molar-refractivity contribution >= 4 is 45.7 Å². The molecular weight excluding hydrogens is 670 g/mol. The van der Waals surface area contributed by atoms with Crippen molar-refractivity contribution in [2.24, 2.45) is 0 Å². The van der Waals surface area contributed by atoms with Gasteiger partial charge < -0.3 is 25.0 Å². The van der Waals surface area contributed by atoms with Gasteiger partial charge in [0.25, 0.3) is 5.91 Å². The second-order valence-electron chi connectivity index (χ2n) is 11.2. The van der Waals surface area contributed by atoms with Crippen LogP contribution in [0, 0.1) is 11.6 Å². The lowest BCUT2D eigenvalue weighted by Gasteiger charge is -2.38. The Bertz CT molecular complexity index is 1670. The molecule has 0 bridgehead atoms. The van der Waals surface area contributed by atoms with Crippen molar-refractivity contribution in [1.82, 2.24) is 20.1 Å². The zero-order valence-corrected chi connectivity index (χ0v) is 28.8. The van der Waals surface area contributed by atoms with Crippen LogP contribution in [0.25, 0.3) is 0 Å². The predicted octanol–water partition coefficient (Wildman–Crippen LogP) is 5.61. The van der Waals surface area contributed by atoms with E-state index in [4.69, 9.17) is 9.47 Å². The van der Waals surface area contributed by atoms with Crippen LogP contribution >= 0.6 is 12.4 Å². The Morgan fingerprint density at radius 2 is 1.79 bits per heavy atom. The topological polar surface area (TPSA) is 142 Å². The normalized spacial score (nSPS) is 13.6. The molecule has 3 amide bonds. The molecule has 0 unspecified atom stereocenters. The summed E-state index contributed by atoms with van der Waals surface area (Å²) in [6.45, 7) is 4.57. The molecule has 0 aliphatic carbocycles. The number of aromatic nitrogens is 1. The second-order valence-corrected chi connectivity index (χ2v) is 13.0. The van der Waals surface area contributed by atoms with Crippen molar-refractivity contribution in [3.05, 3.63) is 71.4 Å². The number of anilines is 2. The Kier molecular flexibility index (Phi) is 13.8. The number of amides is 3. The summed E-state index contributed by atoms with van der Waals surface area (Å²) < 4.78 is 65.4. The second kappa shape index (κ2) is 17.3. The number of hydrogen-bond donors (Lipinski definition) is 3. The largest absolute Gasteiger partial charge is 0.493 e. The first-order chi connectivity index (χ1) is 22.4. The quantitative estimate of drug-likeness (QED) is 0.208. The highest BCUT2D eigenvalue weighted by Crippen LogP contribution is 2.33. The van der Waals surface area contributed by atoms with Crippen LogP contribution in [0.15, 0.2) is 48.7 Å². The molecule has 2 aromatic carbocycles. The van der Waals surface area contributed by atoms with Gasteiger partial charge in [-0.05, 0) is 43.0 Å². The number of rotatable bonds is 13. The standard InChI is InChI=1S/C32H40F2N6O6S.ClH/c1-5-6-13-40(32(42)37-27-17-24(31(41)35-2)25(33)18-26(27)34)23-11-14-39(15-12-23)20-21-7-10-30(36-19-21)46-28-9-8-22(16-29(28)45-3)38-47(4,43)44;/h7-10,16-19,23,38H,5-6,11-15,20H2,1-4H3,(H,35,41)(H,37,42);1H. The van der Waals surface area contributed by atoms with Crippen molar-refractivity contribution < 1.29 is 36.3 Å².